The van der Waals surface area contributed by atoms with E-state index in [2.05, 4.69) is 16.8 Å². The molecule has 0 radical (unpaired) electrons. The molecule has 10 nitrogen and oxygen atoms in total. The number of carbonyl (C=O) groups is 2. The fourth-order valence-electron chi connectivity index (χ4n) is 8.46. The first-order valence-corrected chi connectivity index (χ1v) is 18.3. The van der Waals surface area contributed by atoms with E-state index in [-0.39, 0.29) is 59.9 Å². The van der Waals surface area contributed by atoms with Gasteiger partial charge in [-0.3, -0.25) is 9.69 Å². The molecule has 12 heteroatoms. The minimum absolute atomic E-state index is 0.000808. The molecule has 2 aromatic carbocycles. The molecule has 6 rings (SSSR count). The molecule has 0 spiro atoms. The number of hydrogen-bond acceptors (Lipinski definition) is 6. The quantitative estimate of drug-likeness (QED) is 0.331. The van der Waals surface area contributed by atoms with E-state index >= 15 is 0 Å². The fourth-order valence-corrected chi connectivity index (χ4v) is 8.98. The van der Waals surface area contributed by atoms with E-state index in [1.807, 2.05) is 9.80 Å². The van der Waals surface area contributed by atoms with Crippen molar-refractivity contribution in [3.05, 3.63) is 78.1 Å². The van der Waals surface area contributed by atoms with E-state index in [0.717, 1.165) is 56.9 Å². The maximum absolute atomic E-state index is 14.4. The Morgan fingerprint density at radius 3 is 2.38 bits per heavy atom. The van der Waals surface area contributed by atoms with Gasteiger partial charge in [0.25, 0.3) is 0 Å². The molecule has 2 aromatic rings. The number of sulfonamides is 1. The third-order valence-electron chi connectivity index (χ3n) is 10.9. The Hall–Kier alpha value is -3.32. The SMILES string of the molecule is C=CCN(C(=O)NCc1ccc(S(N)(=O)=O)cc1)C1CC2CCC(C1)N2C[C@H]1CN(C(=O)C2CCCC2)C[C@]1(O)c1cccc(F)c1. The van der Waals surface area contributed by atoms with Gasteiger partial charge in [0, 0.05) is 56.1 Å². The summed E-state index contributed by atoms with van der Waals surface area (Å²) in [6.07, 6.45) is 9.11. The Labute approximate surface area is 276 Å². The third kappa shape index (κ3) is 7.11. The highest BCUT2D eigenvalue weighted by Crippen LogP contribution is 2.44. The first-order chi connectivity index (χ1) is 22.5. The van der Waals surface area contributed by atoms with Crippen molar-refractivity contribution in [2.75, 3.05) is 26.2 Å². The summed E-state index contributed by atoms with van der Waals surface area (Å²) in [7, 11) is -3.79. The predicted octanol–water partition coefficient (Wildman–Crippen LogP) is 3.70. The summed E-state index contributed by atoms with van der Waals surface area (Å²) in [4.78, 5) is 33.1. The number of benzene rings is 2. The van der Waals surface area contributed by atoms with Gasteiger partial charge in [0.1, 0.15) is 11.4 Å². The second-order valence-electron chi connectivity index (χ2n) is 13.8. The summed E-state index contributed by atoms with van der Waals surface area (Å²) in [5, 5.41) is 20.4. The molecular weight excluding hydrogens is 621 g/mol. The molecule has 4 fully saturated rings. The Kier molecular flexibility index (Phi) is 9.76. The molecule has 1 aliphatic carbocycles. The van der Waals surface area contributed by atoms with Gasteiger partial charge in [0.15, 0.2) is 0 Å². The van der Waals surface area contributed by atoms with Crippen molar-refractivity contribution in [3.63, 3.8) is 0 Å². The summed E-state index contributed by atoms with van der Waals surface area (Å²) in [5.41, 5.74) is -0.0879. The number of hydrogen-bond donors (Lipinski definition) is 3. The fraction of sp³-hybridized carbons (Fsp3) is 0.543. The summed E-state index contributed by atoms with van der Waals surface area (Å²) in [6.45, 7) is 5.70. The summed E-state index contributed by atoms with van der Waals surface area (Å²) in [6, 6.07) is 12.5. The molecule has 3 amide bonds. The van der Waals surface area contributed by atoms with Gasteiger partial charge >= 0.3 is 6.03 Å². The number of likely N-dealkylation sites (tertiary alicyclic amines) is 1. The maximum Gasteiger partial charge on any atom is 0.318 e. The highest BCUT2D eigenvalue weighted by molar-refractivity contribution is 7.89. The van der Waals surface area contributed by atoms with E-state index < -0.39 is 21.4 Å². The zero-order valence-electron chi connectivity index (χ0n) is 26.8. The summed E-state index contributed by atoms with van der Waals surface area (Å²) >= 11 is 0. The van der Waals surface area contributed by atoms with Crippen LogP contribution in [0.2, 0.25) is 0 Å². The molecule has 254 valence electrons. The number of rotatable bonds is 10. The van der Waals surface area contributed by atoms with E-state index in [1.54, 1.807) is 30.3 Å². The van der Waals surface area contributed by atoms with Crippen LogP contribution in [0.5, 0.6) is 0 Å². The number of nitrogens with zero attached hydrogens (tertiary/aromatic N) is 3. The number of piperidine rings is 1. The zero-order chi connectivity index (χ0) is 33.3. The topological polar surface area (TPSA) is 136 Å². The third-order valence-corrected chi connectivity index (χ3v) is 11.8. The lowest BCUT2D eigenvalue weighted by atomic mass is 9.82. The van der Waals surface area contributed by atoms with Crippen LogP contribution in [-0.2, 0) is 27.0 Å². The average molecular weight is 668 g/mol. The lowest BCUT2D eigenvalue weighted by Gasteiger charge is -2.45. The number of urea groups is 1. The van der Waals surface area contributed by atoms with Crippen LogP contribution < -0.4 is 10.5 Å². The van der Waals surface area contributed by atoms with E-state index in [9.17, 15) is 27.5 Å². The van der Waals surface area contributed by atoms with Gasteiger partial charge in [-0.05, 0) is 73.9 Å². The Morgan fingerprint density at radius 2 is 1.77 bits per heavy atom. The molecule has 2 bridgehead atoms. The normalized spacial score (nSPS) is 28.0. The molecule has 3 saturated heterocycles. The molecule has 2 unspecified atom stereocenters. The molecular formula is C35H46FN5O5S. The van der Waals surface area contributed by atoms with Crippen molar-refractivity contribution >= 4 is 22.0 Å². The highest BCUT2D eigenvalue weighted by atomic mass is 32.2. The van der Waals surface area contributed by atoms with Crippen molar-refractivity contribution in [1.29, 1.82) is 0 Å². The highest BCUT2D eigenvalue weighted by Gasteiger charge is 2.52. The minimum Gasteiger partial charge on any atom is -0.383 e. The first kappa shape index (κ1) is 33.6. The molecule has 1 saturated carbocycles. The lowest BCUT2D eigenvalue weighted by molar-refractivity contribution is -0.135. The zero-order valence-corrected chi connectivity index (χ0v) is 27.6. The Morgan fingerprint density at radius 1 is 1.09 bits per heavy atom. The van der Waals surface area contributed by atoms with Crippen molar-refractivity contribution in [2.24, 2.45) is 17.0 Å². The Balaban J connectivity index is 1.13. The second-order valence-corrected chi connectivity index (χ2v) is 15.4. The van der Waals surface area contributed by atoms with Crippen molar-refractivity contribution in [1.82, 2.24) is 20.0 Å². The summed E-state index contributed by atoms with van der Waals surface area (Å²) in [5.74, 6) is -0.575. The molecule has 4 aliphatic rings. The van der Waals surface area contributed by atoms with Crippen molar-refractivity contribution in [2.45, 2.75) is 86.5 Å². The number of β-amino-alcohol motifs (C(OH)–C–C–N with tert-alkyl or cyclic N) is 1. The Bertz CT molecular complexity index is 1570. The molecule has 4 atom stereocenters. The molecule has 47 heavy (non-hydrogen) atoms. The molecule has 3 aliphatic heterocycles. The molecule has 4 N–H and O–H groups in total. The van der Waals surface area contributed by atoms with Crippen LogP contribution in [-0.4, -0.2) is 84.5 Å². The smallest absolute Gasteiger partial charge is 0.318 e. The van der Waals surface area contributed by atoms with Gasteiger partial charge in [-0.1, -0.05) is 43.2 Å². The van der Waals surface area contributed by atoms with Gasteiger partial charge in [-0.25, -0.2) is 22.7 Å². The maximum atomic E-state index is 14.4. The number of amides is 3. The number of fused-ring (bicyclic) bond motifs is 2. The number of aliphatic hydroxyl groups is 1. The first-order valence-electron chi connectivity index (χ1n) is 16.8. The second kappa shape index (κ2) is 13.7. The average Bonchev–Trinajstić information content (AvgIpc) is 3.75. The lowest BCUT2D eigenvalue weighted by Crippen LogP contribution is -2.55. The van der Waals surface area contributed by atoms with Crippen molar-refractivity contribution in [3.8, 4) is 0 Å². The number of halogens is 1. The van der Waals surface area contributed by atoms with Gasteiger partial charge in [0.05, 0.1) is 11.4 Å². The van der Waals surface area contributed by atoms with E-state index in [0.29, 0.717) is 25.2 Å². The van der Waals surface area contributed by atoms with Gasteiger partial charge in [0.2, 0.25) is 15.9 Å². The number of nitrogens with two attached hydrogens (primary N) is 1. The predicted molar refractivity (Wildman–Crippen MR) is 176 cm³/mol. The van der Waals surface area contributed by atoms with Crippen LogP contribution in [0.25, 0.3) is 0 Å². The van der Waals surface area contributed by atoms with Crippen LogP contribution in [0.3, 0.4) is 0 Å². The van der Waals surface area contributed by atoms with Crippen LogP contribution in [0.4, 0.5) is 9.18 Å². The van der Waals surface area contributed by atoms with Crippen LogP contribution >= 0.6 is 0 Å². The van der Waals surface area contributed by atoms with Gasteiger partial charge in [-0.15, -0.1) is 6.58 Å². The summed E-state index contributed by atoms with van der Waals surface area (Å²) < 4.78 is 37.5. The van der Waals surface area contributed by atoms with E-state index in [4.69, 9.17) is 5.14 Å². The largest absolute Gasteiger partial charge is 0.383 e. The van der Waals surface area contributed by atoms with Gasteiger partial charge < -0.3 is 20.2 Å². The monoisotopic (exact) mass is 667 g/mol. The number of primary sulfonamides is 1. The van der Waals surface area contributed by atoms with Crippen molar-refractivity contribution < 1.29 is 27.5 Å². The number of carbonyl (C=O) groups excluding carboxylic acids is 2. The standard InChI is InChI=1S/C35H46FN5O5S/c1-2-16-40(34(43)38-20-24-10-14-32(15-11-24)47(37,45)46)31-18-29-12-13-30(19-31)41(29)22-27-21-39(33(42)25-6-3-4-7-25)23-35(27,44)26-8-5-9-28(36)17-26/h2,5,8-11,14-15,17,25,27,29-31,44H,1,3-4,6-7,12-13,16,18-23H2,(H,38,43)(H2,37,45,46)/t27-,29?,30?,31?,35+/m1/s1. The minimum atomic E-state index is -3.79. The van der Waals surface area contributed by atoms with Gasteiger partial charge in [-0.2, -0.15) is 0 Å². The molecule has 0 aromatic heterocycles. The van der Waals surface area contributed by atoms with E-state index in [1.165, 1.54) is 24.3 Å². The molecule has 3 heterocycles. The van der Waals surface area contributed by atoms with Crippen LogP contribution in [0.15, 0.2) is 66.1 Å². The van der Waals surface area contributed by atoms with Crippen LogP contribution in [0.1, 0.15) is 62.5 Å². The number of nitrogens with one attached hydrogen (secondary N) is 1. The van der Waals surface area contributed by atoms with Crippen LogP contribution in [0, 0.1) is 17.7 Å².